The van der Waals surface area contributed by atoms with E-state index in [9.17, 15) is 18.6 Å². The zero-order valence-corrected chi connectivity index (χ0v) is 9.00. The maximum absolute atomic E-state index is 11.2. The lowest BCUT2D eigenvalue weighted by Crippen LogP contribution is -2.19. The Morgan fingerprint density at radius 1 is 1.21 bits per heavy atom. The van der Waals surface area contributed by atoms with E-state index < -0.39 is 23.9 Å². The van der Waals surface area contributed by atoms with Crippen molar-refractivity contribution in [3.63, 3.8) is 0 Å². The molecule has 0 aromatic heterocycles. The van der Waals surface area contributed by atoms with Crippen molar-refractivity contribution in [2.45, 2.75) is 5.75 Å². The number of hydrogen-bond donors (Lipinski definition) is 0. The summed E-state index contributed by atoms with van der Waals surface area (Å²) in [5.74, 6) is 0.106. The largest absolute Gasteiger partial charge is 0.810 e. The zero-order chi connectivity index (χ0) is 10.6. The van der Waals surface area contributed by atoms with Crippen LogP contribution in [0.3, 0.4) is 0 Å². The Hall–Kier alpha value is -0.480. The minimum atomic E-state index is -4.66. The second-order valence-corrected chi connectivity index (χ2v) is 6.23. The highest BCUT2D eigenvalue weighted by molar-refractivity contribution is 7.91. The molecule has 14 heavy (non-hydrogen) atoms. The van der Waals surface area contributed by atoms with Crippen molar-refractivity contribution in [2.75, 3.05) is 5.49 Å². The molecule has 1 aromatic rings. The summed E-state index contributed by atoms with van der Waals surface area (Å²) in [4.78, 5) is 20.6. The van der Waals surface area contributed by atoms with Gasteiger partial charge < -0.3 is 14.4 Å². The highest BCUT2D eigenvalue weighted by atomic mass is 32.2. The van der Waals surface area contributed by atoms with E-state index in [1.807, 2.05) is 0 Å². The van der Waals surface area contributed by atoms with Crippen LogP contribution in [0.1, 0.15) is 5.56 Å². The summed E-state index contributed by atoms with van der Waals surface area (Å²) < 4.78 is 21.5. The first-order chi connectivity index (χ1) is 6.47. The van der Waals surface area contributed by atoms with Crippen molar-refractivity contribution in [1.82, 2.24) is 0 Å². The lowest BCUT2D eigenvalue weighted by molar-refractivity contribution is -0.311. The Balaban J connectivity index is 2.55. The lowest BCUT2D eigenvalue weighted by atomic mass is 10.2. The van der Waals surface area contributed by atoms with Gasteiger partial charge in [0.2, 0.25) is 0 Å². The van der Waals surface area contributed by atoms with Gasteiger partial charge in [-0.25, -0.2) is 0 Å². The molecule has 0 bridgehead atoms. The molecule has 6 heteroatoms. The molecule has 0 saturated carbocycles. The van der Waals surface area contributed by atoms with Crippen LogP contribution in [0.4, 0.5) is 0 Å². The fraction of sp³-hybridized carbons (Fsp3) is 0.250. The average Bonchev–Trinajstić information content (AvgIpc) is 2.02. The van der Waals surface area contributed by atoms with Crippen LogP contribution >= 0.6 is 7.60 Å². The minimum absolute atomic E-state index is 0.106. The Labute approximate surface area is 84.6 Å². The topological polar surface area (TPSA) is 80.3 Å². The van der Waals surface area contributed by atoms with Gasteiger partial charge in [0, 0.05) is 16.6 Å². The molecule has 0 N–H and O–H groups in total. The van der Waals surface area contributed by atoms with Crippen LogP contribution in [0.15, 0.2) is 30.3 Å². The summed E-state index contributed by atoms with van der Waals surface area (Å²) >= 11 is 0. The van der Waals surface area contributed by atoms with Crippen LogP contribution in [-0.4, -0.2) is 9.70 Å². The summed E-state index contributed by atoms with van der Waals surface area (Å²) in [6, 6.07) is 8.80. The van der Waals surface area contributed by atoms with Gasteiger partial charge >= 0.3 is 0 Å². The van der Waals surface area contributed by atoms with Gasteiger partial charge in [-0.1, -0.05) is 37.9 Å². The highest BCUT2D eigenvalue weighted by Crippen LogP contribution is 2.24. The molecule has 1 unspecified atom stereocenters. The van der Waals surface area contributed by atoms with Crippen molar-refractivity contribution in [2.24, 2.45) is 0 Å². The first-order valence-corrected chi connectivity index (χ1v) is 7.09. The third-order valence-corrected chi connectivity index (χ3v) is 4.54. The van der Waals surface area contributed by atoms with Gasteiger partial charge in [0.1, 0.15) is 0 Å². The third-order valence-electron chi connectivity index (χ3n) is 1.47. The quantitative estimate of drug-likeness (QED) is 0.673. The maximum Gasteiger partial charge on any atom is 0.0515 e. The Bertz CT molecular complexity index is 359. The molecule has 0 aliphatic carbocycles. The molecule has 0 aliphatic rings. The molecule has 0 amide bonds. The molecule has 0 spiro atoms. The predicted octanol–water partition coefficient (Wildman–Crippen LogP) is -0.194. The van der Waals surface area contributed by atoms with Crippen LogP contribution in [0.5, 0.6) is 0 Å². The molecular weight excluding hydrogens is 223 g/mol. The van der Waals surface area contributed by atoms with Crippen molar-refractivity contribution in [3.05, 3.63) is 35.9 Å². The molecule has 0 saturated heterocycles. The average molecular weight is 232 g/mol. The van der Waals surface area contributed by atoms with Gasteiger partial charge in [0.05, 0.1) is 5.49 Å². The Morgan fingerprint density at radius 2 is 1.79 bits per heavy atom. The van der Waals surface area contributed by atoms with Gasteiger partial charge in [-0.15, -0.1) is 0 Å². The summed E-state index contributed by atoms with van der Waals surface area (Å²) in [6.45, 7) is 0. The van der Waals surface area contributed by atoms with Gasteiger partial charge in [-0.05, 0) is 5.56 Å². The van der Waals surface area contributed by atoms with Crippen molar-refractivity contribution in [1.29, 1.82) is 0 Å². The molecule has 0 aliphatic heterocycles. The van der Waals surface area contributed by atoms with Crippen LogP contribution < -0.4 is 9.79 Å². The molecule has 78 valence electrons. The van der Waals surface area contributed by atoms with Crippen LogP contribution in [-0.2, 0) is 21.1 Å². The normalized spacial score (nSPS) is 13.9. The molecule has 0 fully saturated rings. The molecule has 4 nitrogen and oxygen atoms in total. The van der Waals surface area contributed by atoms with Crippen LogP contribution in [0, 0.1) is 0 Å². The summed E-state index contributed by atoms with van der Waals surface area (Å²) in [5.41, 5.74) is -0.0266. The molecule has 0 heterocycles. The summed E-state index contributed by atoms with van der Waals surface area (Å²) in [6.07, 6.45) is 0. The van der Waals surface area contributed by atoms with Gasteiger partial charge in [-0.3, -0.25) is 4.21 Å². The number of rotatable bonds is 4. The maximum atomic E-state index is 11.2. The van der Waals surface area contributed by atoms with E-state index >= 15 is 0 Å². The molecule has 0 radical (unpaired) electrons. The minimum Gasteiger partial charge on any atom is -0.810 e. The van der Waals surface area contributed by atoms with Gasteiger partial charge in [0.15, 0.2) is 0 Å². The van der Waals surface area contributed by atoms with E-state index in [-0.39, 0.29) is 5.75 Å². The molecular formula is C8H9O4PS-2. The number of benzene rings is 1. The van der Waals surface area contributed by atoms with Crippen molar-refractivity contribution < 1.29 is 18.6 Å². The highest BCUT2D eigenvalue weighted by Gasteiger charge is 2.03. The standard InChI is InChI=1S/C8H11O4PS/c9-13(10,11)7-14(12)6-8-4-2-1-3-5-8/h1-5H,6-7H2,(H2,9,10,11)/p-2. The molecule has 1 atom stereocenters. The Kier molecular flexibility index (Phi) is 4.01. The smallest absolute Gasteiger partial charge is 0.0515 e. The SMILES string of the molecule is O=S(Cc1ccccc1)CP(=O)([O-])[O-]. The van der Waals surface area contributed by atoms with Crippen molar-refractivity contribution >= 4 is 18.4 Å². The predicted molar refractivity (Wildman–Crippen MR) is 50.8 cm³/mol. The van der Waals surface area contributed by atoms with Gasteiger partial charge in [-0.2, -0.15) is 0 Å². The summed E-state index contributed by atoms with van der Waals surface area (Å²) in [7, 11) is -6.29. The molecule has 1 aromatic carbocycles. The van der Waals surface area contributed by atoms with E-state index in [2.05, 4.69) is 0 Å². The van der Waals surface area contributed by atoms with E-state index in [4.69, 9.17) is 0 Å². The first kappa shape index (κ1) is 11.6. The van der Waals surface area contributed by atoms with E-state index in [1.165, 1.54) is 0 Å². The third kappa shape index (κ3) is 4.67. The molecule has 1 rings (SSSR count). The lowest BCUT2D eigenvalue weighted by Gasteiger charge is -2.28. The zero-order valence-electron chi connectivity index (χ0n) is 7.29. The first-order valence-electron chi connectivity index (χ1n) is 3.87. The van der Waals surface area contributed by atoms with E-state index in [0.29, 0.717) is 0 Å². The monoisotopic (exact) mass is 232 g/mol. The summed E-state index contributed by atoms with van der Waals surface area (Å²) in [5, 5.41) is 0. The second kappa shape index (κ2) is 4.84. The van der Waals surface area contributed by atoms with Gasteiger partial charge in [0.25, 0.3) is 0 Å². The van der Waals surface area contributed by atoms with Crippen LogP contribution in [0.25, 0.3) is 0 Å². The number of hydrogen-bond acceptors (Lipinski definition) is 4. The van der Waals surface area contributed by atoms with E-state index in [1.54, 1.807) is 30.3 Å². The second-order valence-electron chi connectivity index (χ2n) is 2.81. The van der Waals surface area contributed by atoms with E-state index in [0.717, 1.165) is 5.56 Å². The fourth-order valence-corrected chi connectivity index (χ4v) is 3.32. The van der Waals surface area contributed by atoms with Crippen LogP contribution in [0.2, 0.25) is 0 Å². The fourth-order valence-electron chi connectivity index (χ4n) is 0.982. The van der Waals surface area contributed by atoms with Crippen molar-refractivity contribution in [3.8, 4) is 0 Å². The Morgan fingerprint density at radius 3 is 2.29 bits per heavy atom.